The highest BCUT2D eigenvalue weighted by molar-refractivity contribution is 6.37. The number of phenols is 4. The van der Waals surface area contributed by atoms with Gasteiger partial charge in [0, 0.05) is 67.8 Å². The van der Waals surface area contributed by atoms with Gasteiger partial charge in [0.1, 0.15) is 81.8 Å². The van der Waals surface area contributed by atoms with Crippen LogP contribution in [0, 0.1) is 6.92 Å². The number of aliphatic hydroxyl groups excluding tert-OH is 6. The number of fused-ring (bicyclic) bond motifs is 5. The lowest BCUT2D eigenvalue weighted by Crippen LogP contribution is -2.61. The number of phenolic OH excluding ortho intramolecular Hbond substituents is 4. The fourth-order valence-corrected chi connectivity index (χ4v) is 9.96. The monoisotopic (exact) mass is 950 g/mol. The molecule has 69 heavy (non-hydrogen) atoms. The van der Waals surface area contributed by atoms with Crippen molar-refractivity contribution in [2.24, 2.45) is 0 Å². The van der Waals surface area contributed by atoms with Gasteiger partial charge in [0.25, 0.3) is 0 Å². The molecule has 5 aliphatic rings. The van der Waals surface area contributed by atoms with Gasteiger partial charge in [0.2, 0.25) is 5.78 Å². The van der Waals surface area contributed by atoms with E-state index in [4.69, 9.17) is 14.2 Å². The van der Waals surface area contributed by atoms with E-state index in [1.165, 1.54) is 6.92 Å². The first-order valence-electron chi connectivity index (χ1n) is 20.5. The van der Waals surface area contributed by atoms with E-state index in [1.807, 2.05) is 0 Å². The largest absolute Gasteiger partial charge is 0.509 e. The average Bonchev–Trinajstić information content (AvgIpc) is 3.30. The Morgan fingerprint density at radius 2 is 0.957 bits per heavy atom. The number of ketones is 6. The number of hydrogen-bond donors (Lipinski definition) is 12. The number of hydrogen-bond acceptors (Lipinski definition) is 21. The van der Waals surface area contributed by atoms with Gasteiger partial charge in [-0.25, -0.2) is 0 Å². The summed E-state index contributed by atoms with van der Waals surface area (Å²) in [6.45, 7) is 2.98. The van der Waals surface area contributed by atoms with Crippen LogP contribution in [0.2, 0.25) is 0 Å². The third-order valence-corrected chi connectivity index (χ3v) is 13.6. The molecule has 0 spiro atoms. The van der Waals surface area contributed by atoms with Crippen LogP contribution < -0.4 is 14.2 Å². The summed E-state index contributed by atoms with van der Waals surface area (Å²) in [6.07, 6.45) is -9.19. The van der Waals surface area contributed by atoms with Crippen molar-refractivity contribution in [2.45, 2.75) is 56.4 Å². The van der Waals surface area contributed by atoms with E-state index in [1.54, 1.807) is 0 Å². The van der Waals surface area contributed by atoms with Crippen LogP contribution in [-0.2, 0) is 0 Å². The van der Waals surface area contributed by atoms with Gasteiger partial charge >= 0.3 is 0 Å². The highest BCUT2D eigenvalue weighted by atomic mass is 16.5. The maximum Gasteiger partial charge on any atom is 0.201 e. The van der Waals surface area contributed by atoms with Crippen LogP contribution in [-0.4, -0.2) is 153 Å². The molecule has 356 valence electrons. The van der Waals surface area contributed by atoms with Crippen molar-refractivity contribution in [3.63, 3.8) is 0 Å². The molecule has 6 atom stereocenters. The zero-order valence-corrected chi connectivity index (χ0v) is 36.7. The Bertz CT molecular complexity index is 3320. The van der Waals surface area contributed by atoms with E-state index in [0.29, 0.717) is 0 Å². The van der Waals surface area contributed by atoms with Crippen molar-refractivity contribution < 1.29 is 104 Å². The molecule has 4 aromatic carbocycles. The van der Waals surface area contributed by atoms with Crippen molar-refractivity contribution in [3.8, 4) is 62.5 Å². The number of benzene rings is 4. The molecule has 12 N–H and O–H groups in total. The van der Waals surface area contributed by atoms with Crippen LogP contribution in [0.1, 0.15) is 92.7 Å². The number of ether oxygens (including phenoxy) is 3. The number of methoxy groups -OCH3 is 3. The summed E-state index contributed by atoms with van der Waals surface area (Å²) in [5, 5.41) is 135. The van der Waals surface area contributed by atoms with E-state index in [2.05, 4.69) is 0 Å². The van der Waals surface area contributed by atoms with Gasteiger partial charge in [-0.2, -0.15) is 0 Å². The summed E-state index contributed by atoms with van der Waals surface area (Å²) in [5.41, 5.74) is -18.3. The van der Waals surface area contributed by atoms with Gasteiger partial charge in [-0.15, -0.1) is 0 Å². The summed E-state index contributed by atoms with van der Waals surface area (Å²) >= 11 is 0. The minimum Gasteiger partial charge on any atom is -0.509 e. The number of aliphatic hydroxyl groups is 8. The first kappa shape index (κ1) is 46.2. The van der Waals surface area contributed by atoms with Gasteiger partial charge in [-0.1, -0.05) is 0 Å². The molecule has 0 aromatic heterocycles. The molecule has 0 saturated carbocycles. The molecule has 0 saturated heterocycles. The predicted molar refractivity (Wildman–Crippen MR) is 231 cm³/mol. The van der Waals surface area contributed by atoms with E-state index < -0.39 is 211 Å². The van der Waals surface area contributed by atoms with Crippen molar-refractivity contribution in [1.29, 1.82) is 0 Å². The van der Waals surface area contributed by atoms with Gasteiger partial charge in [-0.3, -0.25) is 28.8 Å². The van der Waals surface area contributed by atoms with Gasteiger partial charge in [-0.05, 0) is 38.5 Å². The highest BCUT2D eigenvalue weighted by Crippen LogP contribution is 2.57. The highest BCUT2D eigenvalue weighted by Gasteiger charge is 2.57. The van der Waals surface area contributed by atoms with Crippen molar-refractivity contribution >= 4 is 34.7 Å². The molecular formula is C48H38O21. The molecule has 21 heteroatoms. The van der Waals surface area contributed by atoms with Crippen LogP contribution in [0.4, 0.5) is 0 Å². The molecule has 21 nitrogen and oxygen atoms in total. The molecule has 0 unspecified atom stereocenters. The Labute approximate surface area is 386 Å². The maximum absolute atomic E-state index is 15.4. The topological polar surface area (TPSA) is 373 Å². The first-order chi connectivity index (χ1) is 32.2. The summed E-state index contributed by atoms with van der Waals surface area (Å²) in [5.74, 6) is -15.8. The molecular weight excluding hydrogens is 913 g/mol. The number of aromatic hydroxyl groups is 4. The summed E-state index contributed by atoms with van der Waals surface area (Å²) in [4.78, 5) is 88.0. The quantitative estimate of drug-likeness (QED) is 0.119. The fraction of sp³-hybridized carbons (Fsp3) is 0.250. The van der Waals surface area contributed by atoms with Crippen LogP contribution in [0.3, 0.4) is 0 Å². The Kier molecular flexibility index (Phi) is 9.90. The lowest BCUT2D eigenvalue weighted by Gasteiger charge is -2.44. The predicted octanol–water partition coefficient (Wildman–Crippen LogP) is 1.60. The number of aryl methyl sites for hydroxylation is 1. The number of rotatable bonds is 5. The standard InChI is InChI=1S/C48H38O21/c1-11-7-12-19(26(33(11)51)24-18(69-6)10-15(50)22-28(24)40(58)32-30(38(22)56)42(60)46(64)48(3,66)44(32)62)35(53)20-13(34(12)52)8-16(67-4)25(36(20)54)23-17(68-5)9-14(49)21-27(23)39(57)31-29(37(21)55)41(59)45(63)47(2,65)43(31)61/h7-10,41,43,45-46,49-51,54,59-66H,1-6H3/t41-,43+,45+,46+,47-,48-/m0/s1. The van der Waals surface area contributed by atoms with E-state index >= 15 is 4.79 Å². The number of Topliss-reactive ketones (excluding diaryl/α,β-unsaturated/α-hetero) is 4. The van der Waals surface area contributed by atoms with E-state index in [-0.39, 0.29) is 5.56 Å². The molecule has 0 aliphatic heterocycles. The van der Waals surface area contributed by atoms with Crippen molar-refractivity contribution in [3.05, 3.63) is 108 Å². The second kappa shape index (κ2) is 14.8. The zero-order valence-electron chi connectivity index (χ0n) is 36.7. The molecule has 0 fully saturated rings. The molecule has 4 aromatic rings. The van der Waals surface area contributed by atoms with E-state index in [0.717, 1.165) is 59.4 Å². The molecule has 0 radical (unpaired) electrons. The average molecular weight is 951 g/mol. The summed E-state index contributed by atoms with van der Waals surface area (Å²) in [6, 6.07) is 3.67. The van der Waals surface area contributed by atoms with Gasteiger partial charge < -0.3 is 75.5 Å². The number of carbonyl (C=O) groups excluding carboxylic acids is 6. The second-order valence-corrected chi connectivity index (χ2v) is 17.4. The maximum atomic E-state index is 15.4. The Hall–Kier alpha value is -7.92. The fourth-order valence-electron chi connectivity index (χ4n) is 9.96. The molecule has 0 bridgehead atoms. The van der Waals surface area contributed by atoms with Gasteiger partial charge in [0.15, 0.2) is 34.5 Å². The molecule has 9 rings (SSSR count). The number of allylic oxidation sites excluding steroid dienone is 2. The molecule has 5 aliphatic carbocycles. The lowest BCUT2D eigenvalue weighted by atomic mass is 9.67. The van der Waals surface area contributed by atoms with Crippen LogP contribution >= 0.6 is 0 Å². The SMILES string of the molecule is COc1cc2c(c(O)c1-c1c(OC)cc(O)c3c1C(=O)C1=C(C3=O)[C@H](O)[C@@H](O)[C@@](C)(O)[C@@H]1O)C(=O)c1c(cc(C)c(O)c1-c1c(OC)cc(O)c3c1C(=O)C1=C(O)[C@](C)(O)[C@H](O)C(O)=C1C3=O)C2=O. The van der Waals surface area contributed by atoms with Gasteiger partial charge in [0.05, 0.1) is 54.7 Å². The Morgan fingerprint density at radius 1 is 0.478 bits per heavy atom. The second-order valence-electron chi connectivity index (χ2n) is 17.4. The number of carbonyl (C=O) groups is 6. The van der Waals surface area contributed by atoms with Crippen LogP contribution in [0.5, 0.6) is 40.2 Å². The molecule has 0 heterocycles. The minimum absolute atomic E-state index is 0.137. The third kappa shape index (κ3) is 5.61. The van der Waals surface area contributed by atoms with Crippen LogP contribution in [0.25, 0.3) is 22.3 Å². The van der Waals surface area contributed by atoms with E-state index in [9.17, 15) is 85.3 Å². The Morgan fingerprint density at radius 3 is 1.52 bits per heavy atom. The van der Waals surface area contributed by atoms with Crippen molar-refractivity contribution in [1.82, 2.24) is 0 Å². The lowest BCUT2D eigenvalue weighted by molar-refractivity contribution is -0.158. The van der Waals surface area contributed by atoms with Crippen LogP contribution in [0.15, 0.2) is 58.1 Å². The first-order valence-corrected chi connectivity index (χ1v) is 20.5. The zero-order chi connectivity index (χ0) is 50.7. The third-order valence-electron chi connectivity index (χ3n) is 13.6. The normalized spacial score (nSPS) is 25.0. The Balaban J connectivity index is 1.35. The smallest absolute Gasteiger partial charge is 0.201 e. The van der Waals surface area contributed by atoms with Crippen molar-refractivity contribution in [2.75, 3.05) is 21.3 Å². The minimum atomic E-state index is -2.78. The molecule has 0 amide bonds. The summed E-state index contributed by atoms with van der Waals surface area (Å²) < 4.78 is 16.6. The summed E-state index contributed by atoms with van der Waals surface area (Å²) in [7, 11) is 3.12.